The fourth-order valence-corrected chi connectivity index (χ4v) is 3.62. The molecular weight excluding hydrogens is 364 g/mol. The highest BCUT2D eigenvalue weighted by Crippen LogP contribution is 2.40. The normalized spacial score (nSPS) is 19.0. The minimum atomic E-state index is -0.945. The van der Waals surface area contributed by atoms with E-state index in [-0.39, 0.29) is 24.1 Å². The molecule has 0 saturated carbocycles. The molecule has 0 aromatic rings. The fourth-order valence-electron chi connectivity index (χ4n) is 3.62. The molecule has 0 N–H and O–H groups in total. The molecule has 0 aromatic heterocycles. The van der Waals surface area contributed by atoms with E-state index in [1.54, 1.807) is 13.8 Å². The highest BCUT2D eigenvalue weighted by Gasteiger charge is 2.26. The third kappa shape index (κ3) is 7.80. The maximum absolute atomic E-state index is 12.2. The average molecular weight is 399 g/mol. The largest absolute Gasteiger partial charge is 0.395 e. The van der Waals surface area contributed by atoms with E-state index in [1.165, 1.54) is 36.5 Å². The van der Waals surface area contributed by atoms with Gasteiger partial charge in [-0.05, 0) is 69.1 Å². The molecule has 1 aliphatic rings. The van der Waals surface area contributed by atoms with Crippen molar-refractivity contribution in [3.8, 4) is 0 Å². The summed E-state index contributed by atoms with van der Waals surface area (Å²) in [4.78, 5) is 34.1. The molecule has 1 rings (SSSR count). The van der Waals surface area contributed by atoms with Crippen molar-refractivity contribution in [2.45, 2.75) is 67.2 Å². The number of carbonyl (C=O) groups excluding carboxylic acids is 3. The van der Waals surface area contributed by atoms with Gasteiger partial charge in [0.05, 0.1) is 0 Å². The minimum absolute atomic E-state index is 0.0574. The monoisotopic (exact) mass is 398 g/mol. The quantitative estimate of drug-likeness (QED) is 0.162. The number of ether oxygens (including phenoxy) is 1. The van der Waals surface area contributed by atoms with Gasteiger partial charge in [0.1, 0.15) is 5.92 Å². The van der Waals surface area contributed by atoms with E-state index < -0.39 is 11.9 Å². The van der Waals surface area contributed by atoms with E-state index in [2.05, 4.69) is 37.7 Å². The number of allylic oxidation sites excluding steroid dienone is 10. The van der Waals surface area contributed by atoms with Gasteiger partial charge in [0.2, 0.25) is 0 Å². The number of hydrogen-bond donors (Lipinski definition) is 0. The number of esters is 1. The van der Waals surface area contributed by atoms with E-state index >= 15 is 0 Å². The molecule has 1 aliphatic carbocycles. The molecule has 0 radical (unpaired) electrons. The maximum atomic E-state index is 12.2. The van der Waals surface area contributed by atoms with Crippen molar-refractivity contribution in [3.63, 3.8) is 0 Å². The predicted molar refractivity (Wildman–Crippen MR) is 117 cm³/mol. The lowest BCUT2D eigenvalue weighted by molar-refractivity contribution is -0.156. The van der Waals surface area contributed by atoms with E-state index in [0.29, 0.717) is 0 Å². The van der Waals surface area contributed by atoms with Crippen LogP contribution in [0.15, 0.2) is 58.7 Å². The van der Waals surface area contributed by atoms with Crippen LogP contribution in [-0.4, -0.2) is 18.2 Å². The van der Waals surface area contributed by atoms with Crippen LogP contribution in [-0.2, 0) is 19.1 Å². The van der Waals surface area contributed by atoms with Gasteiger partial charge in [-0.25, -0.2) is 0 Å². The summed E-state index contributed by atoms with van der Waals surface area (Å²) in [6.07, 6.45) is 15.4. The highest BCUT2D eigenvalue weighted by molar-refractivity contribution is 6.06. The molecule has 4 nitrogen and oxygen atoms in total. The molecule has 0 fully saturated rings. The van der Waals surface area contributed by atoms with Crippen LogP contribution in [0.25, 0.3) is 0 Å². The zero-order valence-electron chi connectivity index (χ0n) is 18.6. The van der Waals surface area contributed by atoms with E-state index in [0.717, 1.165) is 11.1 Å². The van der Waals surface area contributed by atoms with Gasteiger partial charge in [-0.15, -0.1) is 0 Å². The van der Waals surface area contributed by atoms with Crippen molar-refractivity contribution in [2.75, 3.05) is 0 Å². The molecule has 0 bridgehead atoms. The third-order valence-corrected chi connectivity index (χ3v) is 5.34. The van der Waals surface area contributed by atoms with Crippen molar-refractivity contribution in [3.05, 3.63) is 58.7 Å². The lowest BCUT2D eigenvalue weighted by atomic mass is 9.72. The van der Waals surface area contributed by atoms with Gasteiger partial charge in [-0.1, -0.05) is 62.3 Å². The van der Waals surface area contributed by atoms with Gasteiger partial charge in [-0.2, -0.15) is 0 Å². The van der Waals surface area contributed by atoms with Crippen LogP contribution in [0, 0.1) is 11.3 Å². The van der Waals surface area contributed by atoms with Gasteiger partial charge in [0, 0.05) is 0 Å². The molecule has 29 heavy (non-hydrogen) atoms. The number of carbonyl (C=O) groups is 3. The van der Waals surface area contributed by atoms with E-state index in [9.17, 15) is 14.4 Å². The van der Waals surface area contributed by atoms with E-state index in [4.69, 9.17) is 0 Å². The first-order valence-electron chi connectivity index (χ1n) is 10.2. The first-order chi connectivity index (χ1) is 13.6. The second-order valence-electron chi connectivity index (χ2n) is 8.32. The first kappa shape index (κ1) is 24.5. The Morgan fingerprint density at radius 1 is 1.17 bits per heavy atom. The Bertz CT molecular complexity index is 773. The lowest BCUT2D eigenvalue weighted by Crippen LogP contribution is -2.24. The Hall–Kier alpha value is -2.49. The van der Waals surface area contributed by atoms with Crippen LogP contribution in [0.4, 0.5) is 0 Å². The third-order valence-electron chi connectivity index (χ3n) is 5.34. The van der Waals surface area contributed by atoms with Gasteiger partial charge in [-0.3, -0.25) is 14.4 Å². The summed E-state index contributed by atoms with van der Waals surface area (Å²) in [5.74, 6) is -2.11. The SMILES string of the molecule is CCC(C(=O)C=C(C)C=CC=C(C)C=CC1=C(C)CCCC1(C)C)C(=O)OC=O. The molecule has 1 atom stereocenters. The van der Waals surface area contributed by atoms with Gasteiger partial charge >= 0.3 is 12.4 Å². The zero-order chi connectivity index (χ0) is 22.0. The van der Waals surface area contributed by atoms with Crippen LogP contribution >= 0.6 is 0 Å². The summed E-state index contributed by atoms with van der Waals surface area (Å²) in [6, 6.07) is 0. The fraction of sp³-hybridized carbons (Fsp3) is 0.480. The van der Waals surface area contributed by atoms with Crippen LogP contribution in [0.5, 0.6) is 0 Å². The Morgan fingerprint density at radius 3 is 2.45 bits per heavy atom. The summed E-state index contributed by atoms with van der Waals surface area (Å²) in [6.45, 7) is 12.4. The second-order valence-corrected chi connectivity index (χ2v) is 8.32. The van der Waals surface area contributed by atoms with Crippen molar-refractivity contribution in [2.24, 2.45) is 11.3 Å². The topological polar surface area (TPSA) is 60.4 Å². The average Bonchev–Trinajstić information content (AvgIpc) is 2.61. The van der Waals surface area contributed by atoms with Crippen molar-refractivity contribution >= 4 is 18.2 Å². The first-order valence-corrected chi connectivity index (χ1v) is 10.2. The number of hydrogen-bond acceptors (Lipinski definition) is 4. The Labute approximate surface area is 175 Å². The van der Waals surface area contributed by atoms with Crippen LogP contribution < -0.4 is 0 Å². The second kappa shape index (κ2) is 11.5. The molecule has 0 aliphatic heterocycles. The molecule has 158 valence electrons. The number of ketones is 1. The summed E-state index contributed by atoms with van der Waals surface area (Å²) in [5.41, 5.74) is 4.96. The van der Waals surface area contributed by atoms with Crippen molar-refractivity contribution in [1.29, 1.82) is 0 Å². The van der Waals surface area contributed by atoms with Crippen molar-refractivity contribution in [1.82, 2.24) is 0 Å². The lowest BCUT2D eigenvalue weighted by Gasteiger charge is -2.32. The Morgan fingerprint density at radius 2 is 1.86 bits per heavy atom. The maximum Gasteiger partial charge on any atom is 0.324 e. The molecule has 0 heterocycles. The Balaban J connectivity index is 2.80. The summed E-state index contributed by atoms with van der Waals surface area (Å²) < 4.78 is 4.30. The highest BCUT2D eigenvalue weighted by atomic mass is 16.6. The summed E-state index contributed by atoms with van der Waals surface area (Å²) >= 11 is 0. The standard InChI is InChI=1S/C25H34O4/c1-7-21(24(28)29-17-26)23(27)16-19(3)11-8-10-18(2)13-14-22-20(4)12-9-15-25(22,5)6/h8,10-11,13-14,16-17,21H,7,9,12,15H2,1-6H3. The van der Waals surface area contributed by atoms with Gasteiger partial charge in [0.15, 0.2) is 5.78 Å². The molecular formula is C25H34O4. The molecule has 4 heteroatoms. The molecule has 0 saturated heterocycles. The van der Waals surface area contributed by atoms with E-state index in [1.807, 2.05) is 25.2 Å². The molecule has 0 amide bonds. The molecule has 0 spiro atoms. The summed E-state index contributed by atoms with van der Waals surface area (Å²) in [7, 11) is 0. The molecule has 1 unspecified atom stereocenters. The van der Waals surface area contributed by atoms with Gasteiger partial charge in [0.25, 0.3) is 0 Å². The van der Waals surface area contributed by atoms with Crippen molar-refractivity contribution < 1.29 is 19.1 Å². The Kier molecular flexibility index (Phi) is 9.73. The zero-order valence-corrected chi connectivity index (χ0v) is 18.6. The van der Waals surface area contributed by atoms with Crippen LogP contribution in [0.1, 0.15) is 67.2 Å². The van der Waals surface area contributed by atoms with Crippen LogP contribution in [0.3, 0.4) is 0 Å². The predicted octanol–water partition coefficient (Wildman–Crippen LogP) is 5.81. The smallest absolute Gasteiger partial charge is 0.324 e. The summed E-state index contributed by atoms with van der Waals surface area (Å²) in [5, 5.41) is 0. The van der Waals surface area contributed by atoms with Gasteiger partial charge < -0.3 is 4.74 Å². The molecule has 0 aromatic carbocycles. The van der Waals surface area contributed by atoms with Crippen LogP contribution in [0.2, 0.25) is 0 Å². The number of rotatable bonds is 9. The minimum Gasteiger partial charge on any atom is -0.395 e.